The number of rotatable bonds is 4. The van der Waals surface area contributed by atoms with Crippen molar-refractivity contribution in [1.29, 1.82) is 0 Å². The summed E-state index contributed by atoms with van der Waals surface area (Å²) in [5, 5.41) is 13.1. The normalized spacial score (nSPS) is 17.9. The highest BCUT2D eigenvalue weighted by Gasteiger charge is 2.29. The molecule has 1 aromatic carbocycles. The minimum atomic E-state index is -0.728. The fourth-order valence-corrected chi connectivity index (χ4v) is 3.77. The van der Waals surface area contributed by atoms with Crippen LogP contribution in [-0.4, -0.2) is 34.7 Å². The first-order valence-corrected chi connectivity index (χ1v) is 8.47. The molecule has 1 saturated heterocycles. The van der Waals surface area contributed by atoms with E-state index in [1.165, 1.54) is 17.2 Å². The molecular weight excluding hydrogens is 282 g/mol. The quantitative estimate of drug-likeness (QED) is 0.841. The number of benzene rings is 1. The smallest absolute Gasteiger partial charge is 0.244 e. The second-order valence-corrected chi connectivity index (χ2v) is 7.03. The van der Waals surface area contributed by atoms with Crippen LogP contribution in [-0.2, 0) is 4.79 Å². The van der Waals surface area contributed by atoms with E-state index in [9.17, 15) is 9.90 Å². The topological polar surface area (TPSA) is 49.3 Å². The zero-order valence-corrected chi connectivity index (χ0v) is 13.5. The molecule has 0 unspecified atom stereocenters. The Morgan fingerprint density at radius 1 is 1.29 bits per heavy atom. The van der Waals surface area contributed by atoms with Gasteiger partial charge < -0.3 is 10.4 Å². The highest BCUT2D eigenvalue weighted by molar-refractivity contribution is 7.99. The van der Waals surface area contributed by atoms with Crippen LogP contribution in [0.25, 0.3) is 6.08 Å². The minimum Gasteiger partial charge on any atom is -0.388 e. The third kappa shape index (κ3) is 5.21. The van der Waals surface area contributed by atoms with E-state index in [-0.39, 0.29) is 5.91 Å². The molecule has 1 amide bonds. The van der Waals surface area contributed by atoms with Crippen LogP contribution in [0, 0.1) is 13.8 Å². The van der Waals surface area contributed by atoms with Crippen molar-refractivity contribution in [2.24, 2.45) is 0 Å². The SMILES string of the molecule is Cc1cc(C)cc(/C=C/C(=O)NCC2(O)CCSCC2)c1. The molecule has 1 aliphatic rings. The molecule has 0 aromatic heterocycles. The number of nitrogens with one attached hydrogen (secondary N) is 1. The molecule has 2 rings (SSSR count). The van der Waals surface area contributed by atoms with Crippen molar-refractivity contribution < 1.29 is 9.90 Å². The van der Waals surface area contributed by atoms with Gasteiger partial charge in [0, 0.05) is 12.6 Å². The van der Waals surface area contributed by atoms with Crippen molar-refractivity contribution in [3.8, 4) is 0 Å². The minimum absolute atomic E-state index is 0.152. The van der Waals surface area contributed by atoms with E-state index in [0.29, 0.717) is 6.54 Å². The molecule has 0 aliphatic carbocycles. The molecule has 21 heavy (non-hydrogen) atoms. The molecule has 0 saturated carbocycles. The second kappa shape index (κ2) is 7.14. The van der Waals surface area contributed by atoms with Gasteiger partial charge in [-0.3, -0.25) is 4.79 Å². The summed E-state index contributed by atoms with van der Waals surface area (Å²) in [4.78, 5) is 11.9. The molecule has 0 radical (unpaired) electrons. The summed E-state index contributed by atoms with van der Waals surface area (Å²) in [6.45, 7) is 4.42. The molecule has 1 aromatic rings. The number of thioether (sulfide) groups is 1. The van der Waals surface area contributed by atoms with E-state index in [1.807, 2.05) is 43.8 Å². The number of hydrogen-bond acceptors (Lipinski definition) is 3. The number of hydrogen-bond donors (Lipinski definition) is 2. The molecular formula is C17H23NO2S. The van der Waals surface area contributed by atoms with Gasteiger partial charge in [0.2, 0.25) is 5.91 Å². The Labute approximate surface area is 130 Å². The van der Waals surface area contributed by atoms with Crippen LogP contribution in [0.1, 0.15) is 29.5 Å². The zero-order valence-electron chi connectivity index (χ0n) is 12.7. The Hall–Kier alpha value is -1.26. The van der Waals surface area contributed by atoms with E-state index >= 15 is 0 Å². The molecule has 0 spiro atoms. The van der Waals surface area contributed by atoms with Crippen LogP contribution in [0.15, 0.2) is 24.3 Å². The van der Waals surface area contributed by atoms with E-state index < -0.39 is 5.60 Å². The predicted octanol–water partition coefficient (Wildman–Crippen LogP) is 2.69. The lowest BCUT2D eigenvalue weighted by molar-refractivity contribution is -0.117. The van der Waals surface area contributed by atoms with Gasteiger partial charge in [0.05, 0.1) is 5.60 Å². The molecule has 3 nitrogen and oxygen atoms in total. The summed E-state index contributed by atoms with van der Waals surface area (Å²) in [5.74, 6) is 1.77. The van der Waals surface area contributed by atoms with Gasteiger partial charge in [-0.05, 0) is 49.8 Å². The Morgan fingerprint density at radius 2 is 1.90 bits per heavy atom. The summed E-state index contributed by atoms with van der Waals surface area (Å²) < 4.78 is 0. The number of carbonyl (C=O) groups excluding carboxylic acids is 1. The number of aliphatic hydroxyl groups is 1. The van der Waals surface area contributed by atoms with E-state index in [1.54, 1.807) is 0 Å². The van der Waals surface area contributed by atoms with Crippen LogP contribution < -0.4 is 5.32 Å². The van der Waals surface area contributed by atoms with Crippen LogP contribution in [0.2, 0.25) is 0 Å². The number of carbonyl (C=O) groups is 1. The zero-order chi connectivity index (χ0) is 15.3. The summed E-state index contributed by atoms with van der Waals surface area (Å²) >= 11 is 1.85. The van der Waals surface area contributed by atoms with Crippen molar-refractivity contribution >= 4 is 23.7 Å². The van der Waals surface area contributed by atoms with Gasteiger partial charge in [0.15, 0.2) is 0 Å². The maximum atomic E-state index is 11.9. The highest BCUT2D eigenvalue weighted by Crippen LogP contribution is 2.26. The average molecular weight is 305 g/mol. The van der Waals surface area contributed by atoms with Gasteiger partial charge in [-0.1, -0.05) is 29.3 Å². The first-order valence-electron chi connectivity index (χ1n) is 7.31. The summed E-state index contributed by atoms with van der Waals surface area (Å²) in [6, 6.07) is 6.19. The highest BCUT2D eigenvalue weighted by atomic mass is 32.2. The number of amides is 1. The predicted molar refractivity (Wildman–Crippen MR) is 89.5 cm³/mol. The van der Waals surface area contributed by atoms with Crippen molar-refractivity contribution in [2.75, 3.05) is 18.1 Å². The van der Waals surface area contributed by atoms with Gasteiger partial charge in [0.1, 0.15) is 0 Å². The van der Waals surface area contributed by atoms with Gasteiger partial charge in [-0.15, -0.1) is 0 Å². The molecule has 1 heterocycles. The van der Waals surface area contributed by atoms with E-state index in [4.69, 9.17) is 0 Å². The first-order chi connectivity index (χ1) is 9.97. The lowest BCUT2D eigenvalue weighted by atomic mass is 9.97. The second-order valence-electron chi connectivity index (χ2n) is 5.81. The molecule has 0 bridgehead atoms. The van der Waals surface area contributed by atoms with Crippen LogP contribution in [0.4, 0.5) is 0 Å². The van der Waals surface area contributed by atoms with Crippen molar-refractivity contribution in [1.82, 2.24) is 5.32 Å². The molecule has 1 fully saturated rings. The molecule has 1 aliphatic heterocycles. The summed E-state index contributed by atoms with van der Waals surface area (Å²) in [5.41, 5.74) is 2.66. The van der Waals surface area contributed by atoms with Crippen molar-refractivity contribution in [2.45, 2.75) is 32.3 Å². The Balaban J connectivity index is 1.87. The van der Waals surface area contributed by atoms with Crippen LogP contribution in [0.3, 0.4) is 0 Å². The third-order valence-corrected chi connectivity index (χ3v) is 4.67. The lowest BCUT2D eigenvalue weighted by Crippen LogP contribution is -2.44. The first kappa shape index (κ1) is 16.1. The van der Waals surface area contributed by atoms with Crippen molar-refractivity contribution in [3.05, 3.63) is 41.0 Å². The Kier molecular flexibility index (Phi) is 5.48. The van der Waals surface area contributed by atoms with E-state index in [2.05, 4.69) is 11.4 Å². The maximum Gasteiger partial charge on any atom is 0.244 e. The number of aryl methyl sites for hydroxylation is 2. The van der Waals surface area contributed by atoms with Crippen LogP contribution >= 0.6 is 11.8 Å². The Morgan fingerprint density at radius 3 is 2.52 bits per heavy atom. The van der Waals surface area contributed by atoms with Gasteiger partial charge in [-0.25, -0.2) is 0 Å². The van der Waals surface area contributed by atoms with E-state index in [0.717, 1.165) is 29.9 Å². The average Bonchev–Trinajstić information content (AvgIpc) is 2.43. The third-order valence-electron chi connectivity index (χ3n) is 3.69. The van der Waals surface area contributed by atoms with Gasteiger partial charge >= 0.3 is 0 Å². The van der Waals surface area contributed by atoms with Gasteiger partial charge in [-0.2, -0.15) is 11.8 Å². The lowest BCUT2D eigenvalue weighted by Gasteiger charge is -2.31. The molecule has 4 heteroatoms. The van der Waals surface area contributed by atoms with Crippen LogP contribution in [0.5, 0.6) is 0 Å². The fourth-order valence-electron chi connectivity index (χ4n) is 2.52. The Bertz CT molecular complexity index is 513. The summed E-state index contributed by atoms with van der Waals surface area (Å²) in [7, 11) is 0. The molecule has 0 atom stereocenters. The van der Waals surface area contributed by atoms with Gasteiger partial charge in [0.25, 0.3) is 0 Å². The maximum absolute atomic E-state index is 11.9. The standard InChI is InChI=1S/C17H23NO2S/c1-13-9-14(2)11-15(10-13)3-4-16(19)18-12-17(20)5-7-21-8-6-17/h3-4,9-11,20H,5-8,12H2,1-2H3,(H,18,19)/b4-3+. The largest absolute Gasteiger partial charge is 0.388 e. The monoisotopic (exact) mass is 305 g/mol. The molecule has 2 N–H and O–H groups in total. The summed E-state index contributed by atoms with van der Waals surface area (Å²) in [6.07, 6.45) is 4.85. The fraction of sp³-hybridized carbons (Fsp3) is 0.471. The molecule has 114 valence electrons. The van der Waals surface area contributed by atoms with Crippen molar-refractivity contribution in [3.63, 3.8) is 0 Å².